The second-order valence-corrected chi connectivity index (χ2v) is 4.02. The molecular formula is C9H8ClF3N2. The van der Waals surface area contributed by atoms with Crippen LogP contribution < -0.4 is 5.73 Å². The van der Waals surface area contributed by atoms with E-state index in [1.807, 2.05) is 0 Å². The summed E-state index contributed by atoms with van der Waals surface area (Å²) in [6.07, 6.45) is 0.484. The molecule has 0 radical (unpaired) electrons. The number of hydrogen-bond acceptors (Lipinski definition) is 2. The van der Waals surface area contributed by atoms with Crippen LogP contribution in [0.2, 0.25) is 5.15 Å². The summed E-state index contributed by atoms with van der Waals surface area (Å²) in [6.45, 7) is -0.273. The Kier molecular flexibility index (Phi) is 2.20. The summed E-state index contributed by atoms with van der Waals surface area (Å²) in [4.78, 5) is 3.50. The van der Waals surface area contributed by atoms with E-state index >= 15 is 0 Å². The van der Waals surface area contributed by atoms with Crippen molar-refractivity contribution in [3.05, 3.63) is 28.8 Å². The van der Waals surface area contributed by atoms with E-state index in [4.69, 9.17) is 17.3 Å². The van der Waals surface area contributed by atoms with E-state index in [0.717, 1.165) is 12.3 Å². The first kappa shape index (κ1) is 10.7. The van der Waals surface area contributed by atoms with Gasteiger partial charge in [0.05, 0.1) is 11.6 Å². The van der Waals surface area contributed by atoms with Crippen LogP contribution >= 0.6 is 11.6 Å². The van der Waals surface area contributed by atoms with Crippen LogP contribution in [0, 0.1) is 5.82 Å². The number of nitrogens with zero attached hydrogens (tertiary/aromatic N) is 1. The molecule has 0 aromatic carbocycles. The third-order valence-corrected chi connectivity index (χ3v) is 3.07. The van der Waals surface area contributed by atoms with Gasteiger partial charge in [-0.2, -0.15) is 0 Å². The first-order valence-corrected chi connectivity index (χ1v) is 4.70. The molecule has 0 amide bonds. The van der Waals surface area contributed by atoms with E-state index in [9.17, 15) is 13.2 Å². The summed E-state index contributed by atoms with van der Waals surface area (Å²) >= 11 is 5.66. The normalized spacial score (nSPS) is 27.8. The van der Waals surface area contributed by atoms with Crippen LogP contribution in [0.3, 0.4) is 0 Å². The molecule has 2 nitrogen and oxygen atoms in total. The lowest BCUT2D eigenvalue weighted by molar-refractivity contribution is 0.0895. The second-order valence-electron chi connectivity index (χ2n) is 3.66. The molecule has 0 aliphatic heterocycles. The van der Waals surface area contributed by atoms with Gasteiger partial charge in [-0.15, -0.1) is 0 Å². The fourth-order valence-electron chi connectivity index (χ4n) is 1.72. The van der Waals surface area contributed by atoms with Gasteiger partial charge in [0.2, 0.25) is 0 Å². The molecule has 1 aromatic heterocycles. The zero-order valence-corrected chi connectivity index (χ0v) is 8.36. The van der Waals surface area contributed by atoms with E-state index in [1.165, 1.54) is 0 Å². The molecule has 2 rings (SSSR count). The van der Waals surface area contributed by atoms with Crippen molar-refractivity contribution in [3.8, 4) is 0 Å². The lowest BCUT2D eigenvalue weighted by Gasteiger charge is -2.15. The van der Waals surface area contributed by atoms with Crippen molar-refractivity contribution in [2.45, 2.75) is 17.8 Å². The van der Waals surface area contributed by atoms with E-state index in [2.05, 4.69) is 4.98 Å². The molecule has 2 N–H and O–H groups in total. The SMILES string of the molecule is NCC1(c2cc(F)cnc2Cl)CC1(F)F. The van der Waals surface area contributed by atoms with Crippen molar-refractivity contribution in [2.24, 2.45) is 5.73 Å². The van der Waals surface area contributed by atoms with Crippen molar-refractivity contribution in [1.29, 1.82) is 0 Å². The van der Waals surface area contributed by atoms with Crippen LogP contribution in [0.1, 0.15) is 12.0 Å². The van der Waals surface area contributed by atoms with Gasteiger partial charge in [0.1, 0.15) is 11.0 Å². The molecule has 1 aliphatic carbocycles. The summed E-state index contributed by atoms with van der Waals surface area (Å²) < 4.78 is 39.2. The molecular weight excluding hydrogens is 229 g/mol. The van der Waals surface area contributed by atoms with Gasteiger partial charge in [-0.1, -0.05) is 11.6 Å². The molecule has 6 heteroatoms. The number of pyridine rings is 1. The Balaban J connectivity index is 2.50. The van der Waals surface area contributed by atoms with Crippen molar-refractivity contribution in [3.63, 3.8) is 0 Å². The van der Waals surface area contributed by atoms with Crippen LogP contribution in [0.25, 0.3) is 0 Å². The highest BCUT2D eigenvalue weighted by Crippen LogP contribution is 2.61. The molecule has 0 spiro atoms. The Bertz CT molecular complexity index is 410. The fraction of sp³-hybridized carbons (Fsp3) is 0.444. The quantitative estimate of drug-likeness (QED) is 0.799. The van der Waals surface area contributed by atoms with Gasteiger partial charge in [-0.05, 0) is 6.07 Å². The summed E-state index contributed by atoms with van der Waals surface area (Å²) in [6, 6.07) is 0.975. The summed E-state index contributed by atoms with van der Waals surface area (Å²) in [5, 5.41) is -0.112. The van der Waals surface area contributed by atoms with Crippen LogP contribution in [0.4, 0.5) is 13.2 Å². The van der Waals surface area contributed by atoms with Gasteiger partial charge in [0.15, 0.2) is 0 Å². The Labute approximate surface area is 89.2 Å². The predicted octanol–water partition coefficient (Wildman–Crippen LogP) is 2.11. The van der Waals surface area contributed by atoms with Gasteiger partial charge >= 0.3 is 0 Å². The number of halogens is 4. The maximum absolute atomic E-state index is 13.2. The molecule has 0 saturated heterocycles. The van der Waals surface area contributed by atoms with Gasteiger partial charge in [-0.3, -0.25) is 0 Å². The Morgan fingerprint density at radius 2 is 2.13 bits per heavy atom. The summed E-state index contributed by atoms with van der Waals surface area (Å²) in [5.41, 5.74) is 3.77. The van der Waals surface area contributed by atoms with E-state index in [1.54, 1.807) is 0 Å². The number of aromatic nitrogens is 1. The molecule has 15 heavy (non-hydrogen) atoms. The fourth-order valence-corrected chi connectivity index (χ4v) is 2.00. The molecule has 1 unspecified atom stereocenters. The first-order chi connectivity index (χ1) is 6.93. The molecule has 1 atom stereocenters. The molecule has 1 aliphatic rings. The van der Waals surface area contributed by atoms with Gasteiger partial charge in [0.25, 0.3) is 5.92 Å². The average Bonchev–Trinajstić information content (AvgIpc) is 2.74. The van der Waals surface area contributed by atoms with Crippen molar-refractivity contribution in [1.82, 2.24) is 4.98 Å². The minimum absolute atomic E-state index is 0.00309. The standard InChI is InChI=1S/C9H8ClF3N2/c10-7-6(1-5(11)2-15-7)8(4-14)3-9(8,12)13/h1-2H,3-4,14H2. The number of hydrogen-bond donors (Lipinski definition) is 1. The maximum Gasteiger partial charge on any atom is 0.260 e. The molecule has 1 aromatic rings. The second kappa shape index (κ2) is 3.09. The van der Waals surface area contributed by atoms with Gasteiger partial charge < -0.3 is 5.73 Å². The number of nitrogens with two attached hydrogens (primary N) is 1. The summed E-state index contributed by atoms with van der Waals surface area (Å²) in [7, 11) is 0. The highest BCUT2D eigenvalue weighted by atomic mass is 35.5. The minimum Gasteiger partial charge on any atom is -0.329 e. The van der Waals surface area contributed by atoms with Crippen molar-refractivity contribution in [2.75, 3.05) is 6.54 Å². The third-order valence-electron chi connectivity index (χ3n) is 2.77. The van der Waals surface area contributed by atoms with Crippen LogP contribution in [0.5, 0.6) is 0 Å². The Morgan fingerprint density at radius 3 is 2.60 bits per heavy atom. The van der Waals surface area contributed by atoms with Gasteiger partial charge in [-0.25, -0.2) is 18.2 Å². The monoisotopic (exact) mass is 236 g/mol. The van der Waals surface area contributed by atoms with Gasteiger partial charge in [0, 0.05) is 18.5 Å². The van der Waals surface area contributed by atoms with Crippen LogP contribution in [0.15, 0.2) is 12.3 Å². The van der Waals surface area contributed by atoms with E-state index in [-0.39, 0.29) is 17.3 Å². The zero-order valence-electron chi connectivity index (χ0n) is 7.61. The smallest absolute Gasteiger partial charge is 0.260 e. The zero-order chi connectivity index (χ0) is 11.3. The molecule has 1 heterocycles. The van der Waals surface area contributed by atoms with Crippen molar-refractivity contribution >= 4 is 11.6 Å². The number of alkyl halides is 2. The van der Waals surface area contributed by atoms with E-state index in [0.29, 0.717) is 0 Å². The lowest BCUT2D eigenvalue weighted by Crippen LogP contribution is -2.27. The van der Waals surface area contributed by atoms with Crippen LogP contribution in [-0.2, 0) is 5.41 Å². The molecule has 1 fully saturated rings. The largest absolute Gasteiger partial charge is 0.329 e. The Hall–Kier alpha value is -0.810. The predicted molar refractivity (Wildman–Crippen MR) is 49.5 cm³/mol. The van der Waals surface area contributed by atoms with Crippen LogP contribution in [-0.4, -0.2) is 17.5 Å². The first-order valence-electron chi connectivity index (χ1n) is 4.32. The molecule has 82 valence electrons. The summed E-state index contributed by atoms with van der Waals surface area (Å²) in [5.74, 6) is -3.61. The van der Waals surface area contributed by atoms with Crippen molar-refractivity contribution < 1.29 is 13.2 Å². The topological polar surface area (TPSA) is 38.9 Å². The highest BCUT2D eigenvalue weighted by molar-refractivity contribution is 6.30. The number of rotatable bonds is 2. The van der Waals surface area contributed by atoms with E-state index < -0.39 is 23.6 Å². The maximum atomic E-state index is 13.2. The molecule has 1 saturated carbocycles. The molecule has 0 bridgehead atoms. The highest BCUT2D eigenvalue weighted by Gasteiger charge is 2.71. The lowest BCUT2D eigenvalue weighted by atomic mass is 9.97. The third kappa shape index (κ3) is 1.41. The Morgan fingerprint density at radius 1 is 1.53 bits per heavy atom. The average molecular weight is 237 g/mol. The minimum atomic E-state index is -2.92.